The van der Waals surface area contributed by atoms with Crippen molar-refractivity contribution in [3.05, 3.63) is 100 Å². The number of hydrogen-bond donors (Lipinski definition) is 2. The fourth-order valence-corrected chi connectivity index (χ4v) is 3.38. The van der Waals surface area contributed by atoms with Crippen molar-refractivity contribution >= 4 is 35.1 Å². The summed E-state index contributed by atoms with van der Waals surface area (Å²) >= 11 is 12.0. The number of amides is 1. The third-order valence-corrected chi connectivity index (χ3v) is 4.95. The molecule has 3 aromatic carbocycles. The number of halogens is 3. The number of rotatable bonds is 5. The summed E-state index contributed by atoms with van der Waals surface area (Å²) in [6, 6.07) is 21.9. The van der Waals surface area contributed by atoms with E-state index in [1.807, 2.05) is 30.3 Å². The lowest BCUT2D eigenvalue weighted by Crippen LogP contribution is -2.30. The topological polar surface area (TPSA) is 66.9 Å². The Balaban J connectivity index is 1.65. The summed E-state index contributed by atoms with van der Waals surface area (Å²) in [4.78, 5) is 21.4. The van der Waals surface area contributed by atoms with Gasteiger partial charge in [0.15, 0.2) is 0 Å². The number of anilines is 1. The number of aromatic nitrogens is 2. The van der Waals surface area contributed by atoms with Gasteiger partial charge in [0.25, 0.3) is 5.91 Å². The Hall–Kier alpha value is -3.48. The van der Waals surface area contributed by atoms with Crippen LogP contribution in [-0.2, 0) is 0 Å². The van der Waals surface area contributed by atoms with E-state index < -0.39 is 5.91 Å². The molecule has 4 aromatic rings. The smallest absolute Gasteiger partial charge is 0.267 e. The minimum atomic E-state index is -0.473. The van der Waals surface area contributed by atoms with Crippen LogP contribution in [0.4, 0.5) is 10.3 Å². The monoisotopic (exact) mass is 452 g/mol. The Bertz CT molecular complexity index is 1230. The molecule has 0 radical (unpaired) electrons. The second-order valence-electron chi connectivity index (χ2n) is 6.54. The maximum atomic E-state index is 13.3. The van der Waals surface area contributed by atoms with Gasteiger partial charge >= 0.3 is 0 Å². The third kappa shape index (κ3) is 4.99. The molecule has 8 heteroatoms. The quantitative estimate of drug-likeness (QED) is 0.363. The van der Waals surface area contributed by atoms with E-state index in [9.17, 15) is 9.18 Å². The highest BCUT2D eigenvalue weighted by molar-refractivity contribution is 6.36. The lowest BCUT2D eigenvalue weighted by Gasteiger charge is -2.12. The molecule has 2 N–H and O–H groups in total. The molecule has 1 aromatic heterocycles. The van der Waals surface area contributed by atoms with E-state index in [1.54, 1.807) is 24.3 Å². The molecule has 0 unspecified atom stereocenters. The molecular weight excluding hydrogens is 438 g/mol. The van der Waals surface area contributed by atoms with Crippen LogP contribution in [0.25, 0.3) is 22.5 Å². The highest BCUT2D eigenvalue weighted by Crippen LogP contribution is 2.25. The van der Waals surface area contributed by atoms with Crippen molar-refractivity contribution in [1.29, 1.82) is 0 Å². The van der Waals surface area contributed by atoms with Gasteiger partial charge in [0, 0.05) is 16.1 Å². The maximum Gasteiger partial charge on any atom is 0.271 e. The van der Waals surface area contributed by atoms with Crippen LogP contribution in [0.5, 0.6) is 0 Å². The Morgan fingerprint density at radius 3 is 2.10 bits per heavy atom. The first-order chi connectivity index (χ1) is 15.0. The van der Waals surface area contributed by atoms with E-state index >= 15 is 0 Å². The zero-order valence-electron chi connectivity index (χ0n) is 15.9. The molecule has 0 aliphatic rings. The molecule has 0 atom stereocenters. The summed E-state index contributed by atoms with van der Waals surface area (Å²) in [5, 5.41) is 0.648. The van der Waals surface area contributed by atoms with Gasteiger partial charge in [0.05, 0.1) is 22.0 Å². The molecule has 0 aliphatic carbocycles. The first-order valence-electron chi connectivity index (χ1n) is 9.21. The number of carbonyl (C=O) groups excluding carboxylic acids is 1. The summed E-state index contributed by atoms with van der Waals surface area (Å²) in [5.74, 6) is -0.649. The molecule has 0 spiro atoms. The SMILES string of the molecule is O=C(NNc1nc(-c2ccccc2)cc(-c2ccc(F)cc2)n1)c1ccc(Cl)cc1Cl. The van der Waals surface area contributed by atoms with Crippen LogP contribution in [0.15, 0.2) is 78.9 Å². The Morgan fingerprint density at radius 2 is 1.45 bits per heavy atom. The normalized spacial score (nSPS) is 10.5. The average molecular weight is 453 g/mol. The number of carbonyl (C=O) groups is 1. The van der Waals surface area contributed by atoms with Crippen molar-refractivity contribution in [1.82, 2.24) is 15.4 Å². The van der Waals surface area contributed by atoms with Crippen LogP contribution in [0.1, 0.15) is 10.4 Å². The van der Waals surface area contributed by atoms with Gasteiger partial charge in [-0.15, -0.1) is 0 Å². The highest BCUT2D eigenvalue weighted by atomic mass is 35.5. The van der Waals surface area contributed by atoms with Gasteiger partial charge < -0.3 is 0 Å². The van der Waals surface area contributed by atoms with E-state index in [0.29, 0.717) is 22.0 Å². The van der Waals surface area contributed by atoms with Crippen molar-refractivity contribution in [2.24, 2.45) is 0 Å². The summed E-state index contributed by atoms with van der Waals surface area (Å²) in [5.41, 5.74) is 8.29. The lowest BCUT2D eigenvalue weighted by molar-refractivity contribution is 0.0962. The van der Waals surface area contributed by atoms with E-state index in [4.69, 9.17) is 23.2 Å². The first kappa shape index (κ1) is 20.8. The molecule has 0 bridgehead atoms. The van der Waals surface area contributed by atoms with Gasteiger partial charge in [0.1, 0.15) is 5.82 Å². The molecule has 31 heavy (non-hydrogen) atoms. The van der Waals surface area contributed by atoms with Crippen molar-refractivity contribution in [3.8, 4) is 22.5 Å². The molecule has 4 rings (SSSR count). The minimum Gasteiger partial charge on any atom is -0.267 e. The van der Waals surface area contributed by atoms with Crippen molar-refractivity contribution in [2.75, 3.05) is 5.43 Å². The van der Waals surface area contributed by atoms with E-state index in [2.05, 4.69) is 20.8 Å². The molecule has 1 heterocycles. The second kappa shape index (κ2) is 9.12. The Morgan fingerprint density at radius 1 is 0.806 bits per heavy atom. The van der Waals surface area contributed by atoms with Gasteiger partial charge in [-0.2, -0.15) is 0 Å². The Kier molecular flexibility index (Phi) is 6.11. The van der Waals surface area contributed by atoms with Gasteiger partial charge in [-0.1, -0.05) is 53.5 Å². The fourth-order valence-electron chi connectivity index (χ4n) is 2.88. The first-order valence-corrected chi connectivity index (χ1v) is 9.97. The number of hydrazine groups is 1. The van der Waals surface area contributed by atoms with Crippen LogP contribution in [0.3, 0.4) is 0 Å². The van der Waals surface area contributed by atoms with E-state index in [-0.39, 0.29) is 22.4 Å². The van der Waals surface area contributed by atoms with Crippen LogP contribution >= 0.6 is 23.2 Å². The van der Waals surface area contributed by atoms with Crippen molar-refractivity contribution < 1.29 is 9.18 Å². The van der Waals surface area contributed by atoms with E-state index in [0.717, 1.165) is 5.56 Å². The zero-order chi connectivity index (χ0) is 21.8. The molecule has 0 saturated carbocycles. The largest absolute Gasteiger partial charge is 0.271 e. The average Bonchev–Trinajstić information content (AvgIpc) is 2.78. The van der Waals surface area contributed by atoms with Gasteiger partial charge in [0.2, 0.25) is 5.95 Å². The van der Waals surface area contributed by atoms with Crippen molar-refractivity contribution in [3.63, 3.8) is 0 Å². The number of hydrogen-bond acceptors (Lipinski definition) is 4. The molecule has 0 aliphatic heterocycles. The predicted molar refractivity (Wildman–Crippen MR) is 120 cm³/mol. The lowest BCUT2D eigenvalue weighted by atomic mass is 10.1. The van der Waals surface area contributed by atoms with Crippen LogP contribution in [0, 0.1) is 5.82 Å². The van der Waals surface area contributed by atoms with Crippen LogP contribution in [-0.4, -0.2) is 15.9 Å². The fraction of sp³-hybridized carbons (Fsp3) is 0. The Labute approximate surface area is 187 Å². The summed E-state index contributed by atoms with van der Waals surface area (Å²) < 4.78 is 13.3. The van der Waals surface area contributed by atoms with Gasteiger partial charge in [-0.3, -0.25) is 15.6 Å². The number of nitrogens with zero attached hydrogens (tertiary/aromatic N) is 2. The second-order valence-corrected chi connectivity index (χ2v) is 7.38. The van der Waals surface area contributed by atoms with E-state index in [1.165, 1.54) is 24.3 Å². The molecule has 5 nitrogen and oxygen atoms in total. The molecule has 0 saturated heterocycles. The van der Waals surface area contributed by atoms with Crippen LogP contribution < -0.4 is 10.9 Å². The molecule has 0 fully saturated rings. The molecule has 154 valence electrons. The molecular formula is C23H15Cl2FN4O. The number of nitrogens with one attached hydrogen (secondary N) is 2. The number of benzene rings is 3. The maximum absolute atomic E-state index is 13.3. The van der Waals surface area contributed by atoms with Gasteiger partial charge in [-0.05, 0) is 48.5 Å². The summed E-state index contributed by atoms with van der Waals surface area (Å²) in [6.07, 6.45) is 0. The highest BCUT2D eigenvalue weighted by Gasteiger charge is 2.13. The van der Waals surface area contributed by atoms with Crippen molar-refractivity contribution in [2.45, 2.75) is 0 Å². The third-order valence-electron chi connectivity index (χ3n) is 4.40. The predicted octanol–water partition coefficient (Wildman–Crippen LogP) is 6.01. The summed E-state index contributed by atoms with van der Waals surface area (Å²) in [7, 11) is 0. The van der Waals surface area contributed by atoms with Crippen LogP contribution in [0.2, 0.25) is 10.0 Å². The minimum absolute atomic E-state index is 0.166. The van der Waals surface area contributed by atoms with Gasteiger partial charge in [-0.25, -0.2) is 14.4 Å². The molecule has 1 amide bonds. The zero-order valence-corrected chi connectivity index (χ0v) is 17.5. The summed E-state index contributed by atoms with van der Waals surface area (Å²) in [6.45, 7) is 0. The standard InChI is InChI=1S/C23H15Cl2FN4O/c24-16-8-11-18(19(25)12-16)22(31)29-30-23-27-20(14-4-2-1-3-5-14)13-21(28-23)15-6-9-17(26)10-7-15/h1-13H,(H,29,31)(H,27,28,30).